The molecule has 0 rings (SSSR count). The topological polar surface area (TPSA) is 46.5 Å². The lowest BCUT2D eigenvalue weighted by atomic mass is 10.3. The molecule has 2 unspecified atom stereocenters. The highest BCUT2D eigenvalue weighted by Crippen LogP contribution is 2.56. The lowest BCUT2D eigenvalue weighted by Gasteiger charge is -2.25. The molecule has 16 heavy (non-hydrogen) atoms. The molecule has 0 bridgehead atoms. The van der Waals surface area contributed by atoms with Gasteiger partial charge in [0.1, 0.15) is 0 Å². The van der Waals surface area contributed by atoms with Gasteiger partial charge in [-0.15, -0.1) is 0 Å². The Labute approximate surface area is 86.9 Å². The number of hydrogen-bond acceptors (Lipinski definition) is 2. The Morgan fingerprint density at radius 2 is 1.69 bits per heavy atom. The predicted octanol–water partition coefficient (Wildman–Crippen LogP) is 3.09. The third kappa shape index (κ3) is 5.18. The van der Waals surface area contributed by atoms with E-state index in [0.29, 0.717) is 0 Å². The molecule has 0 saturated carbocycles. The zero-order valence-electron chi connectivity index (χ0n) is 7.97. The first-order valence-corrected chi connectivity index (χ1v) is 5.65. The Morgan fingerprint density at radius 3 is 1.94 bits per heavy atom. The minimum Gasteiger partial charge on any atom is -0.324 e. The Bertz CT molecular complexity index is 272. The van der Waals surface area contributed by atoms with Crippen LogP contribution in [0.4, 0.5) is 26.3 Å². The van der Waals surface area contributed by atoms with Crippen molar-refractivity contribution in [2.75, 3.05) is 6.61 Å². The van der Waals surface area contributed by atoms with E-state index < -0.39 is 38.6 Å². The molecular weight excluding hydrogens is 265 g/mol. The fourth-order valence-corrected chi connectivity index (χ4v) is 2.27. The van der Waals surface area contributed by atoms with Gasteiger partial charge >= 0.3 is 19.9 Å². The summed E-state index contributed by atoms with van der Waals surface area (Å²) in [6.45, 7) is 0.516. The zero-order valence-corrected chi connectivity index (χ0v) is 8.86. The Kier molecular flexibility index (Phi) is 4.85. The molecule has 0 amide bonds. The van der Waals surface area contributed by atoms with Crippen molar-refractivity contribution < 1.29 is 40.3 Å². The van der Waals surface area contributed by atoms with Crippen LogP contribution in [0.5, 0.6) is 0 Å². The van der Waals surface area contributed by atoms with Crippen molar-refractivity contribution in [3.63, 3.8) is 0 Å². The predicted molar refractivity (Wildman–Crippen MR) is 42.0 cm³/mol. The van der Waals surface area contributed by atoms with Gasteiger partial charge in [0.15, 0.2) is 5.66 Å². The molecule has 0 saturated heterocycles. The van der Waals surface area contributed by atoms with Crippen LogP contribution >= 0.6 is 7.60 Å². The second kappa shape index (κ2) is 4.93. The molecule has 0 aromatic rings. The summed E-state index contributed by atoms with van der Waals surface area (Å²) in [5.74, 6) is 0. The van der Waals surface area contributed by atoms with Crippen molar-refractivity contribution in [1.29, 1.82) is 0 Å². The SMILES string of the molecule is CCOP(=O)(O)C(CC(F)(F)F)C(F)(F)F. The molecule has 0 radical (unpaired) electrons. The van der Waals surface area contributed by atoms with E-state index in [0.717, 1.165) is 6.92 Å². The maximum absolute atomic E-state index is 12.2. The fraction of sp³-hybridized carbons (Fsp3) is 1.00. The standard InChI is InChI=1S/C6H9F6O3P/c1-2-15-16(13,14)4(6(10,11)12)3-5(7,8)9/h4H,2-3H2,1H3,(H,13,14). The first kappa shape index (κ1) is 15.7. The smallest absolute Gasteiger partial charge is 0.324 e. The summed E-state index contributed by atoms with van der Waals surface area (Å²) < 4.78 is 86.7. The Hall–Kier alpha value is -0.270. The molecular formula is C6H9F6O3P. The van der Waals surface area contributed by atoms with Gasteiger partial charge in [0.25, 0.3) is 0 Å². The molecule has 0 heterocycles. The molecule has 0 aromatic heterocycles. The zero-order chi connectivity index (χ0) is 13.2. The number of hydrogen-bond donors (Lipinski definition) is 1. The highest BCUT2D eigenvalue weighted by Gasteiger charge is 2.56. The van der Waals surface area contributed by atoms with E-state index in [2.05, 4.69) is 4.52 Å². The maximum Gasteiger partial charge on any atom is 0.403 e. The molecule has 2 atom stereocenters. The van der Waals surface area contributed by atoms with Crippen molar-refractivity contribution in [3.05, 3.63) is 0 Å². The number of rotatable bonds is 4. The van der Waals surface area contributed by atoms with E-state index in [1.807, 2.05) is 0 Å². The lowest BCUT2D eigenvalue weighted by Crippen LogP contribution is -2.34. The van der Waals surface area contributed by atoms with Gasteiger partial charge in [-0.05, 0) is 6.92 Å². The molecule has 1 N–H and O–H groups in total. The molecule has 0 fully saturated rings. The summed E-state index contributed by atoms with van der Waals surface area (Å²) in [4.78, 5) is 8.79. The maximum atomic E-state index is 12.2. The average Bonchev–Trinajstić information content (AvgIpc) is 1.96. The third-order valence-electron chi connectivity index (χ3n) is 1.51. The molecule has 0 aromatic carbocycles. The van der Waals surface area contributed by atoms with Gasteiger partial charge in [-0.3, -0.25) is 4.57 Å². The van der Waals surface area contributed by atoms with E-state index >= 15 is 0 Å². The van der Waals surface area contributed by atoms with Gasteiger partial charge in [-0.2, -0.15) is 26.3 Å². The normalized spacial score (nSPS) is 19.2. The van der Waals surface area contributed by atoms with Crippen LogP contribution in [0.25, 0.3) is 0 Å². The first-order valence-electron chi connectivity index (χ1n) is 4.00. The lowest BCUT2D eigenvalue weighted by molar-refractivity contribution is -0.183. The van der Waals surface area contributed by atoms with Crippen LogP contribution in [0.15, 0.2) is 0 Å². The van der Waals surface area contributed by atoms with Crippen molar-refractivity contribution in [1.82, 2.24) is 0 Å². The minimum atomic E-state index is -5.45. The molecule has 0 spiro atoms. The summed E-state index contributed by atoms with van der Waals surface area (Å²) in [6, 6.07) is 0. The highest BCUT2D eigenvalue weighted by atomic mass is 31.2. The van der Waals surface area contributed by atoms with Crippen LogP contribution < -0.4 is 0 Å². The minimum absolute atomic E-state index is 0.585. The van der Waals surface area contributed by atoms with Crippen molar-refractivity contribution in [2.24, 2.45) is 0 Å². The monoisotopic (exact) mass is 274 g/mol. The van der Waals surface area contributed by atoms with Crippen LogP contribution in [0.1, 0.15) is 13.3 Å². The Balaban J connectivity index is 5.04. The third-order valence-corrected chi connectivity index (χ3v) is 3.40. The van der Waals surface area contributed by atoms with Gasteiger partial charge in [-0.1, -0.05) is 0 Å². The Morgan fingerprint density at radius 1 is 1.25 bits per heavy atom. The van der Waals surface area contributed by atoms with Gasteiger partial charge in [0.2, 0.25) is 0 Å². The summed E-state index contributed by atoms with van der Waals surface area (Å²) in [5, 5.41) is 0. The second-order valence-corrected chi connectivity index (χ2v) is 4.87. The van der Waals surface area contributed by atoms with Crippen LogP contribution in [0, 0.1) is 0 Å². The fourth-order valence-electron chi connectivity index (χ4n) is 0.910. The quantitative estimate of drug-likeness (QED) is 0.633. The van der Waals surface area contributed by atoms with E-state index in [9.17, 15) is 30.9 Å². The highest BCUT2D eigenvalue weighted by molar-refractivity contribution is 7.53. The van der Waals surface area contributed by atoms with Gasteiger partial charge in [0.05, 0.1) is 13.0 Å². The summed E-state index contributed by atoms with van der Waals surface area (Å²) in [5.41, 5.74) is -3.44. The van der Waals surface area contributed by atoms with Crippen molar-refractivity contribution in [2.45, 2.75) is 31.4 Å². The summed E-state index contributed by atoms with van der Waals surface area (Å²) >= 11 is 0. The van der Waals surface area contributed by atoms with Gasteiger partial charge in [-0.25, -0.2) is 0 Å². The molecule has 3 nitrogen and oxygen atoms in total. The van der Waals surface area contributed by atoms with E-state index in [4.69, 9.17) is 4.89 Å². The summed E-state index contributed by atoms with van der Waals surface area (Å²) in [7, 11) is -5.37. The van der Waals surface area contributed by atoms with E-state index in [1.165, 1.54) is 0 Å². The average molecular weight is 274 g/mol. The van der Waals surface area contributed by atoms with Gasteiger partial charge in [0, 0.05) is 0 Å². The summed E-state index contributed by atoms with van der Waals surface area (Å²) in [6.07, 6.45) is -13.1. The van der Waals surface area contributed by atoms with Crippen LogP contribution in [0.2, 0.25) is 0 Å². The van der Waals surface area contributed by atoms with Crippen molar-refractivity contribution in [3.8, 4) is 0 Å². The number of alkyl halides is 6. The molecule has 0 aliphatic heterocycles. The first-order chi connectivity index (χ1) is 6.90. The van der Waals surface area contributed by atoms with Crippen LogP contribution in [-0.2, 0) is 9.09 Å². The van der Waals surface area contributed by atoms with Crippen LogP contribution in [-0.4, -0.2) is 29.5 Å². The van der Waals surface area contributed by atoms with E-state index in [1.54, 1.807) is 0 Å². The molecule has 10 heteroatoms. The molecule has 0 aliphatic rings. The number of halogens is 6. The second-order valence-electron chi connectivity index (χ2n) is 2.86. The largest absolute Gasteiger partial charge is 0.403 e. The van der Waals surface area contributed by atoms with Gasteiger partial charge < -0.3 is 9.42 Å². The molecule has 0 aliphatic carbocycles. The van der Waals surface area contributed by atoms with Crippen LogP contribution in [0.3, 0.4) is 0 Å². The van der Waals surface area contributed by atoms with Crippen molar-refractivity contribution >= 4 is 7.60 Å². The molecule has 98 valence electrons. The van der Waals surface area contributed by atoms with E-state index in [-0.39, 0.29) is 0 Å².